The van der Waals surface area contributed by atoms with E-state index in [4.69, 9.17) is 36.9 Å². The fourth-order valence-corrected chi connectivity index (χ4v) is 8.22. The number of hydrogen-bond acceptors (Lipinski definition) is 12. The van der Waals surface area contributed by atoms with Gasteiger partial charge >= 0.3 is 0 Å². The van der Waals surface area contributed by atoms with Crippen LogP contribution in [0.1, 0.15) is 70.5 Å². The van der Waals surface area contributed by atoms with Gasteiger partial charge in [-0.25, -0.2) is 0 Å². The molecule has 17 heteroatoms. The van der Waals surface area contributed by atoms with Crippen molar-refractivity contribution in [2.45, 2.75) is 76.5 Å². The lowest BCUT2D eigenvalue weighted by Crippen LogP contribution is -2.56. The molecular weight excluding hydrogens is 829 g/mol. The van der Waals surface area contributed by atoms with E-state index in [1.165, 1.54) is 36.4 Å². The predicted molar refractivity (Wildman–Crippen MR) is 244 cm³/mol. The number of benzene rings is 3. The van der Waals surface area contributed by atoms with Gasteiger partial charge in [0.1, 0.15) is 55.4 Å². The lowest BCUT2D eigenvalue weighted by Gasteiger charge is -2.32. The molecule has 2 heterocycles. The number of fused-ring (bicyclic) bond motifs is 6. The Kier molecular flexibility index (Phi) is 16.2. The quantitative estimate of drug-likeness (QED) is 0.0847. The summed E-state index contributed by atoms with van der Waals surface area (Å²) in [6.07, 6.45) is 4.44. The zero-order valence-corrected chi connectivity index (χ0v) is 37.1. The van der Waals surface area contributed by atoms with Crippen molar-refractivity contribution < 1.29 is 33.4 Å². The molecule has 1 aliphatic carbocycles. The van der Waals surface area contributed by atoms with Crippen molar-refractivity contribution in [2.75, 3.05) is 46.4 Å². The highest BCUT2D eigenvalue weighted by Crippen LogP contribution is 2.40. The average molecular weight is 887 g/mol. The number of nitrogens with zero attached hydrogens (tertiary/aromatic N) is 3. The molecule has 6 rings (SSSR count). The highest BCUT2D eigenvalue weighted by molar-refractivity contribution is 6.00. The topological polar surface area (TPSA) is 270 Å². The summed E-state index contributed by atoms with van der Waals surface area (Å²) < 4.78 is 12.2. The van der Waals surface area contributed by atoms with Crippen molar-refractivity contribution in [1.29, 1.82) is 5.26 Å². The van der Waals surface area contributed by atoms with Crippen LogP contribution in [0.5, 0.6) is 11.5 Å². The van der Waals surface area contributed by atoms with Gasteiger partial charge in [-0.2, -0.15) is 5.26 Å². The molecule has 1 aliphatic heterocycles. The first-order valence-electron chi connectivity index (χ1n) is 21.9. The Bertz CT molecular complexity index is 2450. The Balaban J connectivity index is 1.37. The van der Waals surface area contributed by atoms with Crippen LogP contribution in [-0.4, -0.2) is 104 Å². The van der Waals surface area contributed by atoms with E-state index in [0.717, 1.165) is 30.5 Å². The Morgan fingerprint density at radius 1 is 0.877 bits per heavy atom. The Hall–Kier alpha value is -6.87. The molecule has 5 amide bonds. The van der Waals surface area contributed by atoms with Crippen LogP contribution in [0.2, 0.25) is 0 Å². The molecule has 0 saturated carbocycles. The number of nitrogens with two attached hydrogens (primary N) is 3. The van der Waals surface area contributed by atoms with E-state index >= 15 is 0 Å². The second-order valence-electron chi connectivity index (χ2n) is 16.2. The molecule has 0 radical (unpaired) electrons. The van der Waals surface area contributed by atoms with Crippen LogP contribution < -0.4 is 47.9 Å². The van der Waals surface area contributed by atoms with Crippen LogP contribution in [0.15, 0.2) is 66.7 Å². The van der Waals surface area contributed by atoms with Crippen LogP contribution in [0.25, 0.3) is 22.4 Å². The zero-order valence-electron chi connectivity index (χ0n) is 37.1. The number of nitrogens with one attached hydrogen (secondary N) is 4. The number of aromatic nitrogens is 1. The monoisotopic (exact) mass is 886 g/mol. The third-order valence-electron chi connectivity index (χ3n) is 11.6. The highest BCUT2D eigenvalue weighted by Gasteiger charge is 2.36. The third-order valence-corrected chi connectivity index (χ3v) is 11.6. The van der Waals surface area contributed by atoms with Gasteiger partial charge in [0.2, 0.25) is 23.6 Å². The summed E-state index contributed by atoms with van der Waals surface area (Å²) in [6, 6.07) is 17.0. The molecule has 65 heavy (non-hydrogen) atoms. The van der Waals surface area contributed by atoms with Crippen molar-refractivity contribution in [3.63, 3.8) is 0 Å². The predicted octanol–water partition coefficient (Wildman–Crippen LogP) is 2.11. The SMILES string of the molecule is Cc1nc(-c2ccc3c(c2)CCCC3)ccc1C(=O)N[C@@H](CCN)C(=O)N(C)[C@@H]1C(=O)N[C@@H](C)C(=O)N[C@H](C(=O)NCC#N)Cc2ccc(OCCN)c(c2)-c2cc1ccc2OCCN. The minimum atomic E-state index is -1.38. The number of aryl methyl sites for hydroxylation is 3. The van der Waals surface area contributed by atoms with Crippen LogP contribution in [0, 0.1) is 18.3 Å². The van der Waals surface area contributed by atoms with Crippen molar-refractivity contribution in [3.05, 3.63) is 100 Å². The molecular formula is C48H58N10O7. The number of carbonyl (C=O) groups is 5. The largest absolute Gasteiger partial charge is 0.492 e. The number of rotatable bonds is 15. The fourth-order valence-electron chi connectivity index (χ4n) is 8.22. The second kappa shape index (κ2) is 22.2. The smallest absolute Gasteiger partial charge is 0.253 e. The number of carbonyl (C=O) groups excluding carboxylic acids is 5. The molecule has 342 valence electrons. The number of nitriles is 1. The van der Waals surface area contributed by atoms with Gasteiger partial charge in [0, 0.05) is 43.2 Å². The highest BCUT2D eigenvalue weighted by atomic mass is 16.5. The first-order chi connectivity index (χ1) is 31.4. The molecule has 4 bridgehead atoms. The van der Waals surface area contributed by atoms with Gasteiger partial charge in [0.25, 0.3) is 5.91 Å². The summed E-state index contributed by atoms with van der Waals surface area (Å²) in [5.74, 6) is -2.44. The molecule has 0 spiro atoms. The summed E-state index contributed by atoms with van der Waals surface area (Å²) in [7, 11) is 1.43. The lowest BCUT2D eigenvalue weighted by atomic mass is 9.90. The minimum absolute atomic E-state index is 0.00892. The van der Waals surface area contributed by atoms with Gasteiger partial charge in [0.15, 0.2) is 0 Å². The standard InChI is InChI=1S/C48H58N10O7/c1-28-35(12-13-38(54-28)33-10-9-31-6-4-5-7-32(31)26-33)45(60)56-39(16-17-49)48(63)58(3)43-34-11-15-42(65-23-20-52)37(27-34)36-24-30(8-14-41(36)64-22-19-51)25-40(46(61)53-21-18-50)57-44(59)29(2)55-47(43)62/h8-15,24,26-27,29,39-40,43H,4-7,16-17,19-23,25,49,51-52H2,1-3H3,(H,53,61)(H,55,62)(H,56,60)(H,57,59)/t29-,39-,40-,43-/m0/s1. The van der Waals surface area contributed by atoms with E-state index < -0.39 is 53.7 Å². The maximum absolute atomic E-state index is 14.7. The van der Waals surface area contributed by atoms with Crippen molar-refractivity contribution in [3.8, 4) is 40.0 Å². The molecule has 4 atom stereocenters. The van der Waals surface area contributed by atoms with Gasteiger partial charge in [-0.05, 0) is 117 Å². The Morgan fingerprint density at radius 2 is 1.57 bits per heavy atom. The zero-order chi connectivity index (χ0) is 46.6. The first-order valence-corrected chi connectivity index (χ1v) is 21.9. The average Bonchev–Trinajstić information content (AvgIpc) is 3.31. The van der Waals surface area contributed by atoms with Crippen LogP contribution >= 0.6 is 0 Å². The van der Waals surface area contributed by atoms with Crippen molar-refractivity contribution >= 4 is 29.5 Å². The molecule has 4 aromatic rings. The number of amides is 5. The fraction of sp³-hybridized carbons (Fsp3) is 0.396. The van der Waals surface area contributed by atoms with Gasteiger partial charge in [-0.3, -0.25) is 29.0 Å². The summed E-state index contributed by atoms with van der Waals surface area (Å²) in [4.78, 5) is 76.3. The van der Waals surface area contributed by atoms with E-state index in [2.05, 4.69) is 39.5 Å². The molecule has 0 saturated heterocycles. The molecule has 2 aliphatic rings. The number of pyridine rings is 1. The first kappa shape index (κ1) is 47.6. The maximum atomic E-state index is 14.7. The van der Waals surface area contributed by atoms with E-state index in [9.17, 15) is 24.0 Å². The summed E-state index contributed by atoms with van der Waals surface area (Å²) in [5.41, 5.74) is 24.7. The van der Waals surface area contributed by atoms with Crippen molar-refractivity contribution in [2.24, 2.45) is 17.2 Å². The van der Waals surface area contributed by atoms with Crippen molar-refractivity contribution in [1.82, 2.24) is 31.2 Å². The van der Waals surface area contributed by atoms with E-state index in [1.807, 2.05) is 6.07 Å². The summed E-state index contributed by atoms with van der Waals surface area (Å²) in [5, 5.41) is 20.0. The van der Waals surface area contributed by atoms with E-state index in [-0.39, 0.29) is 57.8 Å². The van der Waals surface area contributed by atoms with Gasteiger partial charge in [-0.15, -0.1) is 0 Å². The number of ether oxygens (including phenoxy) is 2. The molecule has 10 N–H and O–H groups in total. The third kappa shape index (κ3) is 11.5. The molecule has 0 unspecified atom stereocenters. The van der Waals surface area contributed by atoms with Gasteiger partial charge < -0.3 is 52.8 Å². The van der Waals surface area contributed by atoms with E-state index in [0.29, 0.717) is 39.4 Å². The van der Waals surface area contributed by atoms with Crippen LogP contribution in [-0.2, 0) is 38.4 Å². The second-order valence-corrected chi connectivity index (χ2v) is 16.2. The Morgan fingerprint density at radius 3 is 2.25 bits per heavy atom. The summed E-state index contributed by atoms with van der Waals surface area (Å²) in [6.45, 7) is 3.61. The maximum Gasteiger partial charge on any atom is 0.253 e. The van der Waals surface area contributed by atoms with E-state index in [1.54, 1.807) is 55.5 Å². The molecule has 1 aromatic heterocycles. The number of likely N-dealkylation sites (N-methyl/N-ethyl adjacent to an activating group) is 1. The van der Waals surface area contributed by atoms with Gasteiger partial charge in [0.05, 0.1) is 23.0 Å². The number of hydrogen-bond donors (Lipinski definition) is 7. The van der Waals surface area contributed by atoms with Crippen LogP contribution in [0.4, 0.5) is 0 Å². The minimum Gasteiger partial charge on any atom is -0.492 e. The van der Waals surface area contributed by atoms with Crippen LogP contribution in [0.3, 0.4) is 0 Å². The molecule has 3 aromatic carbocycles. The molecule has 0 fully saturated rings. The summed E-state index contributed by atoms with van der Waals surface area (Å²) >= 11 is 0. The Labute approximate surface area is 378 Å². The lowest BCUT2D eigenvalue weighted by molar-refractivity contribution is -0.141. The van der Waals surface area contributed by atoms with Gasteiger partial charge in [-0.1, -0.05) is 24.3 Å². The normalized spacial score (nSPS) is 17.5. The molecule has 17 nitrogen and oxygen atoms in total.